The molecule has 7 heteroatoms. The fourth-order valence-electron chi connectivity index (χ4n) is 3.79. The van der Waals surface area contributed by atoms with Gasteiger partial charge in [-0.05, 0) is 29.9 Å². The number of rotatable bonds is 5. The highest BCUT2D eigenvalue weighted by Crippen LogP contribution is 2.36. The van der Waals surface area contributed by atoms with Gasteiger partial charge >= 0.3 is 0 Å². The van der Waals surface area contributed by atoms with Crippen molar-refractivity contribution in [3.8, 4) is 0 Å². The SMILES string of the molecule is O=C(C[C@H]1OC[C@H]2CN(c3ncccn3)CC[C@H]21)NCc1cccs1. The average Bonchev–Trinajstić information content (AvgIpc) is 3.30. The van der Waals surface area contributed by atoms with Crippen LogP contribution in [0.3, 0.4) is 0 Å². The van der Waals surface area contributed by atoms with Gasteiger partial charge in [0, 0.05) is 36.3 Å². The number of ether oxygens (including phenoxy) is 1. The third-order valence-corrected chi connectivity index (χ3v) is 5.93. The highest BCUT2D eigenvalue weighted by molar-refractivity contribution is 7.09. The summed E-state index contributed by atoms with van der Waals surface area (Å²) in [6.45, 7) is 3.15. The number of piperidine rings is 1. The Morgan fingerprint density at radius 2 is 2.24 bits per heavy atom. The summed E-state index contributed by atoms with van der Waals surface area (Å²) in [6.07, 6.45) is 5.06. The summed E-state index contributed by atoms with van der Waals surface area (Å²) in [5, 5.41) is 5.03. The first-order valence-electron chi connectivity index (χ1n) is 8.72. The van der Waals surface area contributed by atoms with Gasteiger partial charge in [-0.2, -0.15) is 0 Å². The predicted molar refractivity (Wildman–Crippen MR) is 96.4 cm³/mol. The summed E-state index contributed by atoms with van der Waals surface area (Å²) >= 11 is 1.66. The number of nitrogens with zero attached hydrogens (tertiary/aromatic N) is 3. The molecule has 2 saturated heterocycles. The van der Waals surface area contributed by atoms with Crippen molar-refractivity contribution in [1.29, 1.82) is 0 Å². The van der Waals surface area contributed by atoms with Gasteiger partial charge in [-0.25, -0.2) is 9.97 Å². The van der Waals surface area contributed by atoms with Gasteiger partial charge in [0.2, 0.25) is 11.9 Å². The third kappa shape index (κ3) is 3.82. The molecule has 1 N–H and O–H groups in total. The number of hydrogen-bond acceptors (Lipinski definition) is 6. The molecule has 2 fully saturated rings. The Bertz CT molecular complexity index is 694. The van der Waals surface area contributed by atoms with E-state index in [1.807, 2.05) is 23.6 Å². The molecular formula is C18H22N4O2S. The molecule has 0 saturated carbocycles. The lowest BCUT2D eigenvalue weighted by atomic mass is 9.83. The van der Waals surface area contributed by atoms with E-state index in [2.05, 4.69) is 20.2 Å². The van der Waals surface area contributed by atoms with Gasteiger partial charge in [0.1, 0.15) is 0 Å². The summed E-state index contributed by atoms with van der Waals surface area (Å²) in [5.41, 5.74) is 0. The Hall–Kier alpha value is -1.99. The van der Waals surface area contributed by atoms with E-state index in [-0.39, 0.29) is 12.0 Å². The van der Waals surface area contributed by atoms with Crippen LogP contribution in [0.2, 0.25) is 0 Å². The Morgan fingerprint density at radius 1 is 1.36 bits per heavy atom. The monoisotopic (exact) mass is 358 g/mol. The molecule has 132 valence electrons. The second kappa shape index (κ2) is 7.49. The van der Waals surface area contributed by atoms with Crippen LogP contribution in [0.5, 0.6) is 0 Å². The molecular weight excluding hydrogens is 336 g/mol. The van der Waals surface area contributed by atoms with Crippen LogP contribution < -0.4 is 10.2 Å². The first-order valence-corrected chi connectivity index (χ1v) is 9.60. The normalized spacial score (nSPS) is 25.6. The molecule has 0 spiro atoms. The van der Waals surface area contributed by atoms with Crippen molar-refractivity contribution in [1.82, 2.24) is 15.3 Å². The topological polar surface area (TPSA) is 67.3 Å². The van der Waals surface area contributed by atoms with Crippen molar-refractivity contribution in [2.24, 2.45) is 11.8 Å². The van der Waals surface area contributed by atoms with Gasteiger partial charge in [-0.1, -0.05) is 6.07 Å². The second-order valence-electron chi connectivity index (χ2n) is 6.64. The largest absolute Gasteiger partial charge is 0.377 e. The lowest BCUT2D eigenvalue weighted by Gasteiger charge is -2.35. The van der Waals surface area contributed by atoms with Crippen LogP contribution in [0.4, 0.5) is 5.95 Å². The maximum absolute atomic E-state index is 12.2. The van der Waals surface area contributed by atoms with E-state index in [9.17, 15) is 4.79 Å². The smallest absolute Gasteiger partial charge is 0.225 e. The van der Waals surface area contributed by atoms with Crippen LogP contribution in [0.15, 0.2) is 36.0 Å². The molecule has 1 amide bonds. The number of aromatic nitrogens is 2. The Kier molecular flexibility index (Phi) is 4.94. The van der Waals surface area contributed by atoms with E-state index in [1.165, 1.54) is 4.88 Å². The van der Waals surface area contributed by atoms with Crippen molar-refractivity contribution in [3.63, 3.8) is 0 Å². The van der Waals surface area contributed by atoms with E-state index >= 15 is 0 Å². The van der Waals surface area contributed by atoms with Gasteiger partial charge in [0.15, 0.2) is 0 Å². The molecule has 0 aliphatic carbocycles. The first kappa shape index (κ1) is 16.5. The molecule has 6 nitrogen and oxygen atoms in total. The lowest BCUT2D eigenvalue weighted by Crippen LogP contribution is -2.43. The van der Waals surface area contributed by atoms with Crippen LogP contribution in [-0.4, -0.2) is 41.7 Å². The average molecular weight is 358 g/mol. The van der Waals surface area contributed by atoms with Gasteiger partial charge in [0.25, 0.3) is 0 Å². The summed E-state index contributed by atoms with van der Waals surface area (Å²) < 4.78 is 5.97. The molecule has 4 rings (SSSR count). The van der Waals surface area contributed by atoms with E-state index in [1.54, 1.807) is 23.7 Å². The van der Waals surface area contributed by atoms with E-state index < -0.39 is 0 Å². The zero-order valence-corrected chi connectivity index (χ0v) is 14.8. The molecule has 3 atom stereocenters. The standard InChI is InChI=1S/C18H22N4O2S/c23-17(21-10-14-3-1-8-25-14)9-16-15-4-7-22(11-13(15)12-24-16)18-19-5-2-6-20-18/h1-3,5-6,8,13,15-16H,4,7,9-12H2,(H,21,23)/t13-,15-,16-/m1/s1. The fraction of sp³-hybridized carbons (Fsp3) is 0.500. The minimum Gasteiger partial charge on any atom is -0.377 e. The van der Waals surface area contributed by atoms with Crippen LogP contribution in [-0.2, 0) is 16.1 Å². The van der Waals surface area contributed by atoms with E-state index in [0.717, 1.165) is 32.1 Å². The van der Waals surface area contributed by atoms with Crippen molar-refractivity contribution in [3.05, 3.63) is 40.8 Å². The van der Waals surface area contributed by atoms with Crippen molar-refractivity contribution >= 4 is 23.2 Å². The molecule has 0 radical (unpaired) electrons. The summed E-state index contributed by atoms with van der Waals surface area (Å²) in [6, 6.07) is 5.87. The first-order chi connectivity index (χ1) is 12.3. The number of carbonyl (C=O) groups is 1. The number of carbonyl (C=O) groups excluding carboxylic acids is 1. The van der Waals surface area contributed by atoms with Gasteiger partial charge in [-0.15, -0.1) is 11.3 Å². The zero-order valence-electron chi connectivity index (χ0n) is 14.0. The molecule has 0 bridgehead atoms. The number of anilines is 1. The summed E-state index contributed by atoms with van der Waals surface area (Å²) in [5.74, 6) is 1.77. The highest BCUT2D eigenvalue weighted by Gasteiger charge is 2.41. The number of fused-ring (bicyclic) bond motifs is 1. The van der Waals surface area contributed by atoms with Crippen molar-refractivity contribution in [2.45, 2.75) is 25.5 Å². The maximum atomic E-state index is 12.2. The van der Waals surface area contributed by atoms with Crippen LogP contribution >= 0.6 is 11.3 Å². The minimum absolute atomic E-state index is 0.0344. The predicted octanol–water partition coefficient (Wildman–Crippen LogP) is 2.09. The van der Waals surface area contributed by atoms with Crippen LogP contribution in [0, 0.1) is 11.8 Å². The minimum atomic E-state index is 0.0344. The fourth-order valence-corrected chi connectivity index (χ4v) is 4.43. The molecule has 0 unspecified atom stereocenters. The summed E-state index contributed by atoms with van der Waals surface area (Å²) in [7, 11) is 0. The molecule has 4 heterocycles. The van der Waals surface area contributed by atoms with Gasteiger partial charge < -0.3 is 15.0 Å². The Balaban J connectivity index is 1.29. The molecule has 25 heavy (non-hydrogen) atoms. The van der Waals surface area contributed by atoms with Gasteiger partial charge in [0.05, 0.1) is 25.7 Å². The highest BCUT2D eigenvalue weighted by atomic mass is 32.1. The molecule has 2 aliphatic rings. The van der Waals surface area contributed by atoms with Crippen molar-refractivity contribution < 1.29 is 9.53 Å². The molecule has 0 aromatic carbocycles. The molecule has 2 aromatic heterocycles. The van der Waals surface area contributed by atoms with Crippen molar-refractivity contribution in [2.75, 3.05) is 24.6 Å². The van der Waals surface area contributed by atoms with Crippen LogP contribution in [0.1, 0.15) is 17.7 Å². The van der Waals surface area contributed by atoms with E-state index in [0.29, 0.717) is 24.8 Å². The molecule has 2 aromatic rings. The third-order valence-electron chi connectivity index (χ3n) is 5.06. The number of thiophene rings is 1. The molecule has 2 aliphatic heterocycles. The number of hydrogen-bond donors (Lipinski definition) is 1. The summed E-state index contributed by atoms with van der Waals surface area (Å²) in [4.78, 5) is 24.3. The van der Waals surface area contributed by atoms with Crippen LogP contribution in [0.25, 0.3) is 0 Å². The maximum Gasteiger partial charge on any atom is 0.225 e. The number of amides is 1. The Labute approximate surface area is 151 Å². The number of nitrogens with one attached hydrogen (secondary N) is 1. The Morgan fingerprint density at radius 3 is 3.04 bits per heavy atom. The van der Waals surface area contributed by atoms with Gasteiger partial charge in [-0.3, -0.25) is 4.79 Å². The van der Waals surface area contributed by atoms with E-state index in [4.69, 9.17) is 4.74 Å². The second-order valence-corrected chi connectivity index (χ2v) is 7.67. The quantitative estimate of drug-likeness (QED) is 0.886. The lowest BCUT2D eigenvalue weighted by molar-refractivity contribution is -0.123. The zero-order chi connectivity index (χ0) is 17.1.